The summed E-state index contributed by atoms with van der Waals surface area (Å²) in [6, 6.07) is 4.31. The molecule has 1 heterocycles. The summed E-state index contributed by atoms with van der Waals surface area (Å²) in [5, 5.41) is 81.4. The van der Waals surface area contributed by atoms with Crippen LogP contribution in [0.4, 0.5) is 20.2 Å². The Balaban J connectivity index is 1.60. The summed E-state index contributed by atoms with van der Waals surface area (Å²) in [6.07, 6.45) is 0.646. The van der Waals surface area contributed by atoms with Gasteiger partial charge in [0.1, 0.15) is 30.5 Å². The molecule has 330 valence electrons. The summed E-state index contributed by atoms with van der Waals surface area (Å²) in [4.78, 5) is 46.6. The van der Waals surface area contributed by atoms with Crippen LogP contribution in [0.25, 0.3) is 0 Å². The van der Waals surface area contributed by atoms with Gasteiger partial charge in [0, 0.05) is 18.2 Å². The van der Waals surface area contributed by atoms with Crippen LogP contribution >= 0.6 is 0 Å². The Morgan fingerprint density at radius 2 is 1.42 bits per heavy atom. The number of ether oxygens (including phenoxy) is 2. The van der Waals surface area contributed by atoms with Gasteiger partial charge < -0.3 is 45.6 Å². The third kappa shape index (κ3) is 16.4. The number of nitro groups is 2. The van der Waals surface area contributed by atoms with Gasteiger partial charge in [0.25, 0.3) is 11.4 Å². The first-order chi connectivity index (χ1) is 28.1. The average molecular weight is 841 g/mol. The highest BCUT2D eigenvalue weighted by atomic mass is 19.2. The van der Waals surface area contributed by atoms with Gasteiger partial charge in [0.15, 0.2) is 17.9 Å². The van der Waals surface area contributed by atoms with Crippen LogP contribution in [0.1, 0.15) is 102 Å². The number of aliphatic hydroxyl groups excluding tert-OH is 5. The molecule has 1 aliphatic heterocycles. The normalized spacial score (nSPS) is 20.7. The van der Waals surface area contributed by atoms with Crippen molar-refractivity contribution < 1.29 is 63.2 Å². The van der Waals surface area contributed by atoms with Gasteiger partial charge in [0.2, 0.25) is 11.8 Å². The summed E-state index contributed by atoms with van der Waals surface area (Å²) >= 11 is 0. The molecule has 0 spiro atoms. The number of carbonyl (C=O) groups is 2. The molecule has 2 aromatic carbocycles. The Morgan fingerprint density at radius 1 is 0.797 bits per heavy atom. The van der Waals surface area contributed by atoms with Gasteiger partial charge in [-0.05, 0) is 30.2 Å². The molecule has 3 rings (SSSR count). The average Bonchev–Trinajstić information content (AvgIpc) is 3.20. The molecule has 8 atom stereocenters. The van der Waals surface area contributed by atoms with Crippen molar-refractivity contribution in [1.29, 1.82) is 0 Å². The number of hydrogen-bond donors (Lipinski definition) is 7. The minimum atomic E-state index is -1.88. The van der Waals surface area contributed by atoms with Crippen molar-refractivity contribution in [2.75, 3.05) is 13.2 Å². The van der Waals surface area contributed by atoms with Gasteiger partial charge in [-0.25, -0.2) is 8.78 Å². The fourth-order valence-electron chi connectivity index (χ4n) is 6.81. The largest absolute Gasteiger partial charge is 0.390 e. The van der Waals surface area contributed by atoms with Crippen molar-refractivity contribution >= 4 is 23.2 Å². The van der Waals surface area contributed by atoms with E-state index in [0.717, 1.165) is 49.9 Å². The van der Waals surface area contributed by atoms with Crippen LogP contribution in [0.15, 0.2) is 36.4 Å². The lowest BCUT2D eigenvalue weighted by molar-refractivity contribution is -0.394. The smallest absolute Gasteiger partial charge is 0.279 e. The topological polar surface area (TPSA) is 264 Å². The maximum atomic E-state index is 13.8. The van der Waals surface area contributed by atoms with E-state index in [-0.39, 0.29) is 17.5 Å². The molecule has 0 aliphatic carbocycles. The van der Waals surface area contributed by atoms with Gasteiger partial charge in [-0.15, -0.1) is 0 Å². The zero-order valence-electron chi connectivity index (χ0n) is 33.3. The summed E-state index contributed by atoms with van der Waals surface area (Å²) in [6.45, 7) is 1.07. The third-order valence-electron chi connectivity index (χ3n) is 10.3. The second-order valence-corrected chi connectivity index (χ2v) is 15.0. The van der Waals surface area contributed by atoms with Gasteiger partial charge >= 0.3 is 0 Å². The Kier molecular flexibility index (Phi) is 21.1. The van der Waals surface area contributed by atoms with E-state index in [1.54, 1.807) is 0 Å². The van der Waals surface area contributed by atoms with E-state index >= 15 is 0 Å². The highest BCUT2D eigenvalue weighted by Crippen LogP contribution is 2.26. The lowest BCUT2D eigenvalue weighted by Crippen LogP contribution is -2.61. The summed E-state index contributed by atoms with van der Waals surface area (Å²) in [7, 11) is 0. The zero-order chi connectivity index (χ0) is 43.5. The molecule has 2 aromatic rings. The number of halogens is 2. The lowest BCUT2D eigenvalue weighted by atomic mass is 9.98. The SMILES string of the molecule is CCCCCCCCCCCCCC[C@@H](O)[C@@H](O)[C@H](CO[C@H]1O[C@H](CNC(=O)Cc2ccc([N+](=O)[O-])cc2[N+](=O)[O-])[C@H](O)[C@H](O)[C@H]1O)NC(=O)Cc1ccc(F)c(F)c1. The van der Waals surface area contributed by atoms with E-state index in [1.807, 2.05) is 0 Å². The van der Waals surface area contributed by atoms with Crippen molar-refractivity contribution in [1.82, 2.24) is 10.6 Å². The molecule has 1 fully saturated rings. The maximum Gasteiger partial charge on any atom is 0.279 e. The van der Waals surface area contributed by atoms with E-state index in [9.17, 15) is 64.1 Å². The molecule has 19 heteroatoms. The molecular weight excluding hydrogens is 782 g/mol. The fourth-order valence-corrected chi connectivity index (χ4v) is 6.81. The minimum absolute atomic E-state index is 0.115. The number of benzene rings is 2. The van der Waals surface area contributed by atoms with Crippen LogP contribution in [-0.2, 0) is 31.9 Å². The number of unbranched alkanes of at least 4 members (excludes halogenated alkanes) is 11. The third-order valence-corrected chi connectivity index (χ3v) is 10.3. The molecule has 2 amide bonds. The number of aliphatic hydroxyl groups is 5. The van der Waals surface area contributed by atoms with Crippen LogP contribution in [0.5, 0.6) is 0 Å². The van der Waals surface area contributed by atoms with Crippen LogP contribution in [-0.4, -0.2) is 109 Å². The quantitative estimate of drug-likeness (QED) is 0.0384. The molecular formula is C40H58F2N4O13. The minimum Gasteiger partial charge on any atom is -0.390 e. The van der Waals surface area contributed by atoms with Crippen molar-refractivity contribution in [3.8, 4) is 0 Å². The number of rotatable bonds is 27. The van der Waals surface area contributed by atoms with Crippen molar-refractivity contribution in [2.24, 2.45) is 0 Å². The van der Waals surface area contributed by atoms with Crippen molar-refractivity contribution in [3.63, 3.8) is 0 Å². The van der Waals surface area contributed by atoms with E-state index in [4.69, 9.17) is 9.47 Å². The van der Waals surface area contributed by atoms with E-state index in [0.29, 0.717) is 12.5 Å². The molecule has 7 N–H and O–H groups in total. The first kappa shape index (κ1) is 49.1. The van der Waals surface area contributed by atoms with Gasteiger partial charge in [-0.2, -0.15) is 0 Å². The first-order valence-corrected chi connectivity index (χ1v) is 20.2. The predicted molar refractivity (Wildman–Crippen MR) is 209 cm³/mol. The monoisotopic (exact) mass is 840 g/mol. The van der Waals surface area contributed by atoms with Crippen LogP contribution < -0.4 is 10.6 Å². The fraction of sp³-hybridized carbons (Fsp3) is 0.650. The highest BCUT2D eigenvalue weighted by molar-refractivity contribution is 5.80. The molecule has 0 aromatic heterocycles. The number of nitrogens with one attached hydrogen (secondary N) is 2. The van der Waals surface area contributed by atoms with Crippen LogP contribution in [0.2, 0.25) is 0 Å². The standard InChI is InChI=1S/C40H58F2N4O13/c1-2-3-4-5-6-7-8-9-10-11-12-13-14-32(47)36(50)30(44-35(49)20-25-15-18-28(41)29(42)19-25)24-58-40-39(53)38(52)37(51)33(59-40)23-43-34(48)21-26-16-17-27(45(54)55)22-31(26)46(56)57/h15-19,22,30,32-33,36-40,47,50-53H,2-14,20-21,23-24H2,1H3,(H,43,48)(H,44,49)/t30-,32+,33+,36-,37-,38-,39+,40-/m0/s1. The number of carbonyl (C=O) groups excluding carboxylic acids is 2. The Labute approximate surface area is 341 Å². The highest BCUT2D eigenvalue weighted by Gasteiger charge is 2.45. The molecule has 0 saturated carbocycles. The van der Waals surface area contributed by atoms with E-state index in [1.165, 1.54) is 51.0 Å². The zero-order valence-corrected chi connectivity index (χ0v) is 33.3. The van der Waals surface area contributed by atoms with E-state index < -0.39 is 120 Å². The summed E-state index contributed by atoms with van der Waals surface area (Å²) < 4.78 is 38.6. The number of hydrogen-bond acceptors (Lipinski definition) is 13. The number of nitro benzene ring substituents is 2. The Hall–Kier alpha value is -4.24. The second kappa shape index (κ2) is 25.4. The molecule has 1 aliphatic rings. The molecule has 0 unspecified atom stereocenters. The lowest BCUT2D eigenvalue weighted by Gasteiger charge is -2.41. The predicted octanol–water partition coefficient (Wildman–Crippen LogP) is 3.80. The summed E-state index contributed by atoms with van der Waals surface area (Å²) in [5.41, 5.74) is -1.24. The number of amides is 2. The molecule has 1 saturated heterocycles. The van der Waals surface area contributed by atoms with Crippen LogP contribution in [0, 0.1) is 31.9 Å². The maximum absolute atomic E-state index is 13.8. The van der Waals surface area contributed by atoms with E-state index in [2.05, 4.69) is 17.6 Å². The Morgan fingerprint density at radius 3 is 2.02 bits per heavy atom. The number of non-ortho nitro benzene ring substituents is 1. The number of nitrogens with zero attached hydrogens (tertiary/aromatic N) is 2. The summed E-state index contributed by atoms with van der Waals surface area (Å²) in [5.74, 6) is -3.85. The van der Waals surface area contributed by atoms with Crippen molar-refractivity contribution in [3.05, 3.63) is 79.4 Å². The van der Waals surface area contributed by atoms with Gasteiger partial charge in [-0.1, -0.05) is 90.0 Å². The van der Waals surface area contributed by atoms with Crippen molar-refractivity contribution in [2.45, 2.75) is 152 Å². The molecule has 59 heavy (non-hydrogen) atoms. The molecule has 0 bridgehead atoms. The van der Waals surface area contributed by atoms with Crippen LogP contribution in [0.3, 0.4) is 0 Å². The van der Waals surface area contributed by atoms with Gasteiger partial charge in [-0.3, -0.25) is 29.8 Å². The van der Waals surface area contributed by atoms with Gasteiger partial charge in [0.05, 0.1) is 47.5 Å². The Bertz CT molecular complexity index is 1660. The second-order valence-electron chi connectivity index (χ2n) is 15.0. The molecule has 17 nitrogen and oxygen atoms in total. The first-order valence-electron chi connectivity index (χ1n) is 20.2. The molecule has 0 radical (unpaired) electrons.